The van der Waals surface area contributed by atoms with Crippen LogP contribution in [0.15, 0.2) is 59.1 Å². The van der Waals surface area contributed by atoms with E-state index in [0.717, 1.165) is 0 Å². The summed E-state index contributed by atoms with van der Waals surface area (Å²) in [4.78, 5) is 1.38. The van der Waals surface area contributed by atoms with E-state index in [-0.39, 0.29) is 0 Å². The lowest BCUT2D eigenvalue weighted by atomic mass is 9.88. The quantitative estimate of drug-likeness (QED) is 0.665. The molecular formula is C14H16S. The Bertz CT molecular complexity index is 394. The van der Waals surface area contributed by atoms with Gasteiger partial charge in [0.15, 0.2) is 0 Å². The van der Waals surface area contributed by atoms with E-state index in [1.54, 1.807) is 0 Å². The first-order valence-corrected chi connectivity index (χ1v) is 6.17. The van der Waals surface area contributed by atoms with Crippen molar-refractivity contribution in [2.24, 2.45) is 5.92 Å². The van der Waals surface area contributed by atoms with Crippen LogP contribution in [0.3, 0.4) is 0 Å². The Morgan fingerprint density at radius 2 is 2.27 bits per heavy atom. The number of hydrogen-bond acceptors (Lipinski definition) is 1. The molecule has 1 heterocycles. The highest BCUT2D eigenvalue weighted by Crippen LogP contribution is 2.48. The average Bonchev–Trinajstić information content (AvgIpc) is 2.58. The molecule has 2 rings (SSSR count). The molecule has 0 bridgehead atoms. The maximum absolute atomic E-state index is 3.93. The molecule has 0 N–H and O–H groups in total. The summed E-state index contributed by atoms with van der Waals surface area (Å²) in [6.45, 7) is 8.21. The molecule has 0 spiro atoms. The Kier molecular flexibility index (Phi) is 3.01. The summed E-state index contributed by atoms with van der Waals surface area (Å²) in [5.41, 5.74) is 2.85. The molecule has 1 aliphatic heterocycles. The van der Waals surface area contributed by atoms with Crippen LogP contribution in [-0.4, -0.2) is 5.25 Å². The summed E-state index contributed by atoms with van der Waals surface area (Å²) in [5.74, 6) is 0.531. The zero-order valence-electron chi connectivity index (χ0n) is 9.23. The third-order valence-corrected chi connectivity index (χ3v) is 4.43. The highest BCUT2D eigenvalue weighted by Gasteiger charge is 2.33. The number of fused-ring (bicyclic) bond motifs is 1. The van der Waals surface area contributed by atoms with Gasteiger partial charge in [0.2, 0.25) is 0 Å². The minimum atomic E-state index is 0.531. The van der Waals surface area contributed by atoms with Gasteiger partial charge in [-0.25, -0.2) is 0 Å². The summed E-state index contributed by atoms with van der Waals surface area (Å²) >= 11 is 1.96. The van der Waals surface area contributed by atoms with E-state index < -0.39 is 0 Å². The molecule has 0 nitrogen and oxygen atoms in total. The summed E-state index contributed by atoms with van der Waals surface area (Å²) in [6.07, 6.45) is 13.0. The fourth-order valence-electron chi connectivity index (χ4n) is 2.13. The third kappa shape index (κ3) is 1.76. The van der Waals surface area contributed by atoms with E-state index in [4.69, 9.17) is 0 Å². The maximum atomic E-state index is 3.93. The van der Waals surface area contributed by atoms with Crippen molar-refractivity contribution < 1.29 is 0 Å². The molecule has 1 aliphatic carbocycles. The fourth-order valence-corrected chi connectivity index (χ4v) is 3.62. The Morgan fingerprint density at radius 3 is 2.93 bits per heavy atom. The predicted molar refractivity (Wildman–Crippen MR) is 69.8 cm³/mol. The van der Waals surface area contributed by atoms with Crippen LogP contribution < -0.4 is 0 Å². The number of rotatable bonds is 2. The molecule has 0 aromatic heterocycles. The van der Waals surface area contributed by atoms with Crippen molar-refractivity contribution in [2.45, 2.75) is 19.1 Å². The molecule has 0 radical (unpaired) electrons. The SMILES string of the molecule is C=CC1=C(/C=C\C)SC2C(C)=CC=CC12. The minimum absolute atomic E-state index is 0.531. The van der Waals surface area contributed by atoms with Gasteiger partial charge in [0.25, 0.3) is 0 Å². The van der Waals surface area contributed by atoms with Crippen molar-refractivity contribution in [3.8, 4) is 0 Å². The van der Waals surface area contributed by atoms with Gasteiger partial charge in [0, 0.05) is 16.1 Å². The first kappa shape index (κ1) is 10.6. The van der Waals surface area contributed by atoms with E-state index in [0.29, 0.717) is 11.2 Å². The molecule has 2 aliphatic rings. The number of hydrogen-bond donors (Lipinski definition) is 0. The van der Waals surface area contributed by atoms with Crippen LogP contribution in [-0.2, 0) is 0 Å². The Morgan fingerprint density at radius 1 is 1.47 bits per heavy atom. The Labute approximate surface area is 96.1 Å². The van der Waals surface area contributed by atoms with Gasteiger partial charge >= 0.3 is 0 Å². The normalized spacial score (nSPS) is 29.6. The van der Waals surface area contributed by atoms with Crippen molar-refractivity contribution in [1.82, 2.24) is 0 Å². The molecule has 2 atom stereocenters. The van der Waals surface area contributed by atoms with E-state index in [2.05, 4.69) is 50.8 Å². The Balaban J connectivity index is 2.38. The van der Waals surface area contributed by atoms with Gasteiger partial charge < -0.3 is 0 Å². The minimum Gasteiger partial charge on any atom is -0.117 e. The van der Waals surface area contributed by atoms with Crippen LogP contribution in [0.25, 0.3) is 0 Å². The standard InChI is InChI=1S/C14H16S/c1-4-7-13-11(5-2)12-9-6-8-10(3)14(12)15-13/h4-9,12,14H,2H2,1,3H3/b7-4-. The van der Waals surface area contributed by atoms with Gasteiger partial charge in [-0.05, 0) is 19.4 Å². The largest absolute Gasteiger partial charge is 0.117 e. The lowest BCUT2D eigenvalue weighted by Gasteiger charge is -2.21. The molecule has 0 aromatic carbocycles. The highest BCUT2D eigenvalue weighted by molar-refractivity contribution is 8.04. The van der Waals surface area contributed by atoms with E-state index in [1.807, 2.05) is 17.8 Å². The third-order valence-electron chi connectivity index (χ3n) is 2.89. The average molecular weight is 216 g/mol. The molecule has 1 heteroatoms. The van der Waals surface area contributed by atoms with Crippen LogP contribution in [0.4, 0.5) is 0 Å². The fraction of sp³-hybridized carbons (Fsp3) is 0.286. The van der Waals surface area contributed by atoms with Crippen molar-refractivity contribution in [1.29, 1.82) is 0 Å². The van der Waals surface area contributed by atoms with Crippen LogP contribution in [0, 0.1) is 5.92 Å². The second-order valence-corrected chi connectivity index (χ2v) is 5.07. The van der Waals surface area contributed by atoms with Crippen LogP contribution in [0.5, 0.6) is 0 Å². The summed E-state index contributed by atoms with van der Waals surface area (Å²) in [7, 11) is 0. The van der Waals surface area contributed by atoms with Crippen LogP contribution in [0.1, 0.15) is 13.8 Å². The van der Waals surface area contributed by atoms with Gasteiger partial charge in [-0.15, -0.1) is 11.8 Å². The van der Waals surface area contributed by atoms with E-state index in [1.165, 1.54) is 16.1 Å². The van der Waals surface area contributed by atoms with Crippen molar-refractivity contribution in [3.63, 3.8) is 0 Å². The first-order chi connectivity index (χ1) is 7.27. The monoisotopic (exact) mass is 216 g/mol. The lowest BCUT2D eigenvalue weighted by Crippen LogP contribution is -2.15. The molecular weight excluding hydrogens is 200 g/mol. The van der Waals surface area contributed by atoms with Gasteiger partial charge in [-0.1, -0.05) is 48.6 Å². The molecule has 15 heavy (non-hydrogen) atoms. The van der Waals surface area contributed by atoms with Crippen LogP contribution >= 0.6 is 11.8 Å². The zero-order chi connectivity index (χ0) is 10.8. The predicted octanol–water partition coefficient (Wildman–Crippen LogP) is 4.25. The van der Waals surface area contributed by atoms with Crippen LogP contribution in [0.2, 0.25) is 0 Å². The van der Waals surface area contributed by atoms with Gasteiger partial charge in [-0.2, -0.15) is 0 Å². The number of thioether (sulfide) groups is 1. The smallest absolute Gasteiger partial charge is 0.0408 e. The van der Waals surface area contributed by atoms with Crippen molar-refractivity contribution >= 4 is 11.8 Å². The second kappa shape index (κ2) is 4.28. The molecule has 0 amide bonds. The Hall–Kier alpha value is -0.950. The molecule has 78 valence electrons. The lowest BCUT2D eigenvalue weighted by molar-refractivity contribution is 0.785. The highest BCUT2D eigenvalue weighted by atomic mass is 32.2. The number of allylic oxidation sites excluding steroid dienone is 7. The molecule has 0 aromatic rings. The van der Waals surface area contributed by atoms with Crippen molar-refractivity contribution in [3.05, 3.63) is 59.1 Å². The second-order valence-electron chi connectivity index (χ2n) is 3.88. The molecule has 0 saturated heterocycles. The summed E-state index contributed by atoms with van der Waals surface area (Å²) < 4.78 is 0. The first-order valence-electron chi connectivity index (χ1n) is 5.29. The van der Waals surface area contributed by atoms with E-state index in [9.17, 15) is 0 Å². The molecule has 0 fully saturated rings. The molecule has 2 unspecified atom stereocenters. The molecule has 0 saturated carbocycles. The van der Waals surface area contributed by atoms with Gasteiger partial charge in [0.1, 0.15) is 0 Å². The summed E-state index contributed by atoms with van der Waals surface area (Å²) in [6, 6.07) is 0. The maximum Gasteiger partial charge on any atom is 0.0408 e. The van der Waals surface area contributed by atoms with E-state index >= 15 is 0 Å². The van der Waals surface area contributed by atoms with Gasteiger partial charge in [-0.3, -0.25) is 0 Å². The summed E-state index contributed by atoms with van der Waals surface area (Å²) in [5, 5.41) is 0.592. The van der Waals surface area contributed by atoms with Gasteiger partial charge in [0.05, 0.1) is 0 Å². The topological polar surface area (TPSA) is 0 Å². The van der Waals surface area contributed by atoms with Crippen molar-refractivity contribution in [2.75, 3.05) is 0 Å². The zero-order valence-corrected chi connectivity index (χ0v) is 10.1.